The molecule has 0 bridgehead atoms. The fourth-order valence-electron chi connectivity index (χ4n) is 2.00. The Kier molecular flexibility index (Phi) is 5.59. The Morgan fingerprint density at radius 3 is 2.59 bits per heavy atom. The molecule has 0 heterocycles. The van der Waals surface area contributed by atoms with Crippen LogP contribution in [0.3, 0.4) is 0 Å². The van der Waals surface area contributed by atoms with Gasteiger partial charge < -0.3 is 10.1 Å². The monoisotopic (exact) mass is 239 g/mol. The molecule has 0 aliphatic heterocycles. The molecule has 2 unspecified atom stereocenters. The summed E-state index contributed by atoms with van der Waals surface area (Å²) < 4.78 is 18.9. The number of benzene rings is 1. The first-order valence-corrected chi connectivity index (χ1v) is 6.21. The molecule has 0 amide bonds. The molecular formula is C14H22FNO. The summed E-state index contributed by atoms with van der Waals surface area (Å²) >= 11 is 0. The fraction of sp³-hybridized carbons (Fsp3) is 0.571. The second-order valence-electron chi connectivity index (χ2n) is 4.20. The van der Waals surface area contributed by atoms with Crippen LogP contribution < -0.4 is 5.32 Å². The van der Waals surface area contributed by atoms with Gasteiger partial charge in [-0.15, -0.1) is 0 Å². The molecule has 1 N–H and O–H groups in total. The van der Waals surface area contributed by atoms with E-state index in [1.165, 1.54) is 6.07 Å². The Bertz CT molecular complexity index is 354. The quantitative estimate of drug-likeness (QED) is 0.823. The van der Waals surface area contributed by atoms with Crippen molar-refractivity contribution in [2.75, 3.05) is 13.2 Å². The second kappa shape index (κ2) is 6.72. The van der Waals surface area contributed by atoms with Crippen molar-refractivity contribution in [2.24, 2.45) is 0 Å². The maximum Gasteiger partial charge on any atom is 0.126 e. The Hall–Kier alpha value is -0.930. The van der Waals surface area contributed by atoms with E-state index in [0.717, 1.165) is 12.1 Å². The third-order valence-electron chi connectivity index (χ3n) is 2.86. The number of nitrogens with one attached hydrogen (secondary N) is 1. The van der Waals surface area contributed by atoms with E-state index >= 15 is 0 Å². The zero-order valence-electron chi connectivity index (χ0n) is 11.1. The molecule has 0 aliphatic rings. The summed E-state index contributed by atoms with van der Waals surface area (Å²) in [5, 5.41) is 3.38. The number of hydrogen-bond acceptors (Lipinski definition) is 2. The third kappa shape index (κ3) is 3.79. The molecule has 0 saturated carbocycles. The average Bonchev–Trinajstić information content (AvgIpc) is 2.30. The fourth-order valence-corrected chi connectivity index (χ4v) is 2.00. The molecule has 96 valence electrons. The Morgan fingerprint density at radius 1 is 1.35 bits per heavy atom. The van der Waals surface area contributed by atoms with Crippen LogP contribution in [0.1, 0.15) is 37.9 Å². The molecule has 0 aliphatic carbocycles. The van der Waals surface area contributed by atoms with E-state index in [1.807, 2.05) is 26.0 Å². The molecule has 17 heavy (non-hydrogen) atoms. The van der Waals surface area contributed by atoms with Gasteiger partial charge in [-0.2, -0.15) is 0 Å². The average molecular weight is 239 g/mol. The molecule has 2 nitrogen and oxygen atoms in total. The Labute approximate surface area is 103 Å². The van der Waals surface area contributed by atoms with Crippen molar-refractivity contribution in [1.82, 2.24) is 5.32 Å². The number of rotatable bonds is 6. The van der Waals surface area contributed by atoms with Crippen molar-refractivity contribution in [3.63, 3.8) is 0 Å². The lowest BCUT2D eigenvalue weighted by Gasteiger charge is -2.25. The minimum atomic E-state index is -0.159. The molecule has 0 saturated heterocycles. The van der Waals surface area contributed by atoms with Gasteiger partial charge in [0.25, 0.3) is 0 Å². The summed E-state index contributed by atoms with van der Waals surface area (Å²) in [7, 11) is 0. The van der Waals surface area contributed by atoms with Crippen molar-refractivity contribution in [3.05, 3.63) is 35.1 Å². The number of hydrogen-bond donors (Lipinski definition) is 1. The molecular weight excluding hydrogens is 217 g/mol. The Balaban J connectivity index is 2.92. The minimum absolute atomic E-state index is 0.0739. The van der Waals surface area contributed by atoms with Gasteiger partial charge in [0.1, 0.15) is 5.82 Å². The van der Waals surface area contributed by atoms with Crippen molar-refractivity contribution in [3.8, 4) is 0 Å². The lowest BCUT2D eigenvalue weighted by molar-refractivity contribution is 0.0476. The van der Waals surface area contributed by atoms with E-state index < -0.39 is 0 Å². The van der Waals surface area contributed by atoms with Crippen LogP contribution in [-0.2, 0) is 4.74 Å². The lowest BCUT2D eigenvalue weighted by atomic mass is 10.00. The highest BCUT2D eigenvalue weighted by Crippen LogP contribution is 2.21. The minimum Gasteiger partial charge on any atom is -0.377 e. The third-order valence-corrected chi connectivity index (χ3v) is 2.86. The Morgan fingerprint density at radius 2 is 2.06 bits per heavy atom. The van der Waals surface area contributed by atoms with Gasteiger partial charge in [0, 0.05) is 6.61 Å². The van der Waals surface area contributed by atoms with E-state index in [0.29, 0.717) is 12.2 Å². The van der Waals surface area contributed by atoms with Gasteiger partial charge in [-0.25, -0.2) is 4.39 Å². The smallest absolute Gasteiger partial charge is 0.126 e. The van der Waals surface area contributed by atoms with Crippen LogP contribution >= 0.6 is 0 Å². The highest BCUT2D eigenvalue weighted by Gasteiger charge is 2.19. The van der Waals surface area contributed by atoms with Gasteiger partial charge in [0.05, 0.1) is 12.1 Å². The van der Waals surface area contributed by atoms with Crippen molar-refractivity contribution in [2.45, 2.75) is 39.8 Å². The molecule has 0 spiro atoms. The standard InChI is InChI=1S/C14H22FNO/c1-5-16-14(11(4)17-6-2)12-7-8-13(15)10(3)9-12/h7-9,11,14,16H,5-6H2,1-4H3. The van der Waals surface area contributed by atoms with Gasteiger partial charge in [-0.1, -0.05) is 19.1 Å². The van der Waals surface area contributed by atoms with Crippen LogP contribution in [-0.4, -0.2) is 19.3 Å². The van der Waals surface area contributed by atoms with Crippen LogP contribution in [0.25, 0.3) is 0 Å². The number of aryl methyl sites for hydroxylation is 1. The predicted molar refractivity (Wildman–Crippen MR) is 68.6 cm³/mol. The van der Waals surface area contributed by atoms with E-state index in [4.69, 9.17) is 4.74 Å². The lowest BCUT2D eigenvalue weighted by Crippen LogP contribution is -2.32. The number of halogens is 1. The van der Waals surface area contributed by atoms with Crippen molar-refractivity contribution >= 4 is 0 Å². The summed E-state index contributed by atoms with van der Waals surface area (Å²) in [5.41, 5.74) is 1.75. The highest BCUT2D eigenvalue weighted by atomic mass is 19.1. The summed E-state index contributed by atoms with van der Waals surface area (Å²) in [6.45, 7) is 9.40. The molecule has 2 atom stereocenters. The largest absolute Gasteiger partial charge is 0.377 e. The van der Waals surface area contributed by atoms with E-state index in [2.05, 4.69) is 12.2 Å². The summed E-state index contributed by atoms with van der Waals surface area (Å²) in [5.74, 6) is -0.159. The van der Waals surface area contributed by atoms with Crippen molar-refractivity contribution in [1.29, 1.82) is 0 Å². The first-order valence-electron chi connectivity index (χ1n) is 6.21. The number of ether oxygens (including phenoxy) is 1. The molecule has 3 heteroatoms. The van der Waals surface area contributed by atoms with E-state index in [-0.39, 0.29) is 18.0 Å². The second-order valence-corrected chi connectivity index (χ2v) is 4.20. The SMILES string of the molecule is CCNC(c1ccc(F)c(C)c1)C(C)OCC. The van der Waals surface area contributed by atoms with Crippen LogP contribution in [0.2, 0.25) is 0 Å². The molecule has 1 aromatic carbocycles. The molecule has 0 aromatic heterocycles. The summed E-state index contributed by atoms with van der Waals surface area (Å²) in [4.78, 5) is 0. The highest BCUT2D eigenvalue weighted by molar-refractivity contribution is 5.27. The molecule has 1 aromatic rings. The maximum atomic E-state index is 13.2. The zero-order valence-corrected chi connectivity index (χ0v) is 11.1. The predicted octanol–water partition coefficient (Wildman–Crippen LogP) is 3.21. The van der Waals surface area contributed by atoms with Crippen LogP contribution in [0.5, 0.6) is 0 Å². The summed E-state index contributed by atoms with van der Waals surface area (Å²) in [6, 6.07) is 5.34. The normalized spacial score (nSPS) is 14.6. The zero-order chi connectivity index (χ0) is 12.8. The van der Waals surface area contributed by atoms with Crippen LogP contribution in [0.15, 0.2) is 18.2 Å². The van der Waals surface area contributed by atoms with Gasteiger partial charge in [-0.3, -0.25) is 0 Å². The first-order chi connectivity index (χ1) is 8.10. The topological polar surface area (TPSA) is 21.3 Å². The molecule has 0 radical (unpaired) electrons. The number of likely N-dealkylation sites (N-methyl/N-ethyl adjacent to an activating group) is 1. The molecule has 0 fully saturated rings. The van der Waals surface area contributed by atoms with E-state index in [9.17, 15) is 4.39 Å². The first kappa shape index (κ1) is 14.1. The van der Waals surface area contributed by atoms with Gasteiger partial charge in [0.2, 0.25) is 0 Å². The van der Waals surface area contributed by atoms with Crippen LogP contribution in [0.4, 0.5) is 4.39 Å². The molecule has 1 rings (SSSR count). The van der Waals surface area contributed by atoms with Gasteiger partial charge >= 0.3 is 0 Å². The van der Waals surface area contributed by atoms with Crippen LogP contribution in [0, 0.1) is 12.7 Å². The van der Waals surface area contributed by atoms with Gasteiger partial charge in [-0.05, 0) is 44.5 Å². The van der Waals surface area contributed by atoms with Crippen molar-refractivity contribution < 1.29 is 9.13 Å². The maximum absolute atomic E-state index is 13.2. The van der Waals surface area contributed by atoms with Gasteiger partial charge in [0.15, 0.2) is 0 Å². The summed E-state index contributed by atoms with van der Waals surface area (Å²) in [6.07, 6.45) is 0.0739. The van der Waals surface area contributed by atoms with E-state index in [1.54, 1.807) is 6.92 Å².